The Morgan fingerprint density at radius 1 is 0.963 bits per heavy atom. The topological polar surface area (TPSA) is 90.7 Å². The van der Waals surface area contributed by atoms with E-state index in [2.05, 4.69) is 20.8 Å². The fourth-order valence-electron chi connectivity index (χ4n) is 2.16. The number of carbonyl (C=O) groups is 1. The molecular weight excluding hydrogens is 359 g/mol. The molecule has 0 radical (unpaired) electrons. The number of anilines is 3. The monoisotopic (exact) mass is 369 g/mol. The number of nitrogens with one attached hydrogen (secondary N) is 2. The van der Waals surface area contributed by atoms with Crippen LogP contribution in [0.25, 0.3) is 0 Å². The summed E-state index contributed by atoms with van der Waals surface area (Å²) in [5.74, 6) is -5.38. The van der Waals surface area contributed by atoms with Crippen molar-refractivity contribution in [1.29, 1.82) is 5.26 Å². The first-order valence-electron chi connectivity index (χ1n) is 7.53. The second-order valence-electron chi connectivity index (χ2n) is 5.30. The minimum atomic E-state index is -1.73. The molecule has 3 aromatic rings. The van der Waals surface area contributed by atoms with Crippen LogP contribution in [-0.2, 0) is 0 Å². The molecule has 0 aliphatic rings. The molecule has 6 nitrogen and oxygen atoms in total. The Balaban J connectivity index is 1.71. The smallest absolute Gasteiger partial charge is 0.259 e. The van der Waals surface area contributed by atoms with Crippen molar-refractivity contribution in [2.24, 2.45) is 0 Å². The summed E-state index contributed by atoms with van der Waals surface area (Å²) in [5, 5.41) is 21.6. The van der Waals surface area contributed by atoms with Gasteiger partial charge in [-0.1, -0.05) is 6.07 Å². The lowest BCUT2D eigenvalue weighted by molar-refractivity contribution is 0.102. The van der Waals surface area contributed by atoms with Gasteiger partial charge in [0.1, 0.15) is 0 Å². The maximum atomic E-state index is 13.6. The summed E-state index contributed by atoms with van der Waals surface area (Å²) in [6.45, 7) is 0. The highest BCUT2D eigenvalue weighted by molar-refractivity contribution is 6.03. The molecule has 0 unspecified atom stereocenters. The van der Waals surface area contributed by atoms with Gasteiger partial charge in [0, 0.05) is 5.69 Å². The lowest BCUT2D eigenvalue weighted by atomic mass is 10.2. The summed E-state index contributed by atoms with van der Waals surface area (Å²) < 4.78 is 39.8. The molecule has 0 fully saturated rings. The van der Waals surface area contributed by atoms with Gasteiger partial charge in [0.05, 0.1) is 17.2 Å². The first kappa shape index (κ1) is 17.9. The first-order chi connectivity index (χ1) is 13.0. The van der Waals surface area contributed by atoms with E-state index in [1.807, 2.05) is 6.07 Å². The molecule has 0 aliphatic carbocycles. The Morgan fingerprint density at radius 3 is 2.41 bits per heavy atom. The molecule has 0 saturated heterocycles. The molecule has 2 aromatic carbocycles. The molecule has 27 heavy (non-hydrogen) atoms. The zero-order valence-electron chi connectivity index (χ0n) is 13.5. The molecule has 2 N–H and O–H groups in total. The van der Waals surface area contributed by atoms with Crippen LogP contribution in [0.5, 0.6) is 0 Å². The summed E-state index contributed by atoms with van der Waals surface area (Å²) in [6.07, 6.45) is 0. The molecule has 134 valence electrons. The summed E-state index contributed by atoms with van der Waals surface area (Å²) in [4.78, 5) is 12.0. The number of nitriles is 1. The summed E-state index contributed by atoms with van der Waals surface area (Å²) in [7, 11) is 0. The van der Waals surface area contributed by atoms with Crippen LogP contribution in [0.3, 0.4) is 0 Å². The fourth-order valence-corrected chi connectivity index (χ4v) is 2.16. The molecule has 3 rings (SSSR count). The number of amides is 1. The Kier molecular flexibility index (Phi) is 4.99. The van der Waals surface area contributed by atoms with E-state index in [-0.39, 0.29) is 5.82 Å². The van der Waals surface area contributed by atoms with E-state index in [0.29, 0.717) is 23.1 Å². The second kappa shape index (κ2) is 7.53. The minimum Gasteiger partial charge on any atom is -0.339 e. The maximum absolute atomic E-state index is 13.6. The van der Waals surface area contributed by atoms with Gasteiger partial charge in [0.15, 0.2) is 29.1 Å². The average Bonchev–Trinajstić information content (AvgIpc) is 2.68. The van der Waals surface area contributed by atoms with Crippen LogP contribution in [-0.4, -0.2) is 16.1 Å². The van der Waals surface area contributed by atoms with Crippen molar-refractivity contribution in [2.75, 3.05) is 10.6 Å². The summed E-state index contributed by atoms with van der Waals surface area (Å²) in [5.41, 5.74) is 0.417. The Labute approximate surface area is 151 Å². The van der Waals surface area contributed by atoms with E-state index in [1.54, 1.807) is 24.3 Å². The number of aromatic nitrogens is 2. The third-order valence-electron chi connectivity index (χ3n) is 3.45. The number of rotatable bonds is 4. The van der Waals surface area contributed by atoms with E-state index >= 15 is 0 Å². The minimum absolute atomic E-state index is 0.0135. The van der Waals surface area contributed by atoms with E-state index in [1.165, 1.54) is 12.1 Å². The van der Waals surface area contributed by atoms with Crippen molar-refractivity contribution in [3.8, 4) is 6.07 Å². The van der Waals surface area contributed by atoms with Gasteiger partial charge in [0.25, 0.3) is 5.91 Å². The molecule has 1 aromatic heterocycles. The standard InChI is InChI=1S/C18H10F3N5O/c19-13-5-4-12(16(20)17(13)21)18(27)24-15-7-6-14(25-26-15)23-11-3-1-2-10(8-11)9-22/h1-8H,(H,23,25)(H,24,26,27). The van der Waals surface area contributed by atoms with Gasteiger partial charge in [-0.3, -0.25) is 4.79 Å². The van der Waals surface area contributed by atoms with Crippen LogP contribution in [0.2, 0.25) is 0 Å². The lowest BCUT2D eigenvalue weighted by Crippen LogP contribution is -2.16. The molecule has 0 aliphatic heterocycles. The number of halogens is 3. The number of carbonyl (C=O) groups excluding carboxylic acids is 1. The SMILES string of the molecule is N#Cc1cccc(Nc2ccc(NC(=O)c3ccc(F)c(F)c3F)nn2)c1. The molecule has 0 bridgehead atoms. The molecule has 0 spiro atoms. The van der Waals surface area contributed by atoms with Crippen molar-refractivity contribution in [2.45, 2.75) is 0 Å². The fraction of sp³-hybridized carbons (Fsp3) is 0. The van der Waals surface area contributed by atoms with E-state index in [4.69, 9.17) is 5.26 Å². The van der Waals surface area contributed by atoms with Crippen molar-refractivity contribution in [1.82, 2.24) is 10.2 Å². The lowest BCUT2D eigenvalue weighted by Gasteiger charge is -2.08. The van der Waals surface area contributed by atoms with E-state index < -0.39 is 28.9 Å². The van der Waals surface area contributed by atoms with Crippen LogP contribution >= 0.6 is 0 Å². The second-order valence-corrected chi connectivity index (χ2v) is 5.30. The highest BCUT2D eigenvalue weighted by atomic mass is 19.2. The molecule has 0 saturated carbocycles. The quantitative estimate of drug-likeness (QED) is 0.684. The predicted molar refractivity (Wildman–Crippen MR) is 90.7 cm³/mol. The Bertz CT molecular complexity index is 1050. The van der Waals surface area contributed by atoms with Crippen molar-refractivity contribution < 1.29 is 18.0 Å². The molecule has 0 atom stereocenters. The largest absolute Gasteiger partial charge is 0.339 e. The average molecular weight is 369 g/mol. The number of hydrogen-bond acceptors (Lipinski definition) is 5. The summed E-state index contributed by atoms with van der Waals surface area (Å²) in [6, 6.07) is 13.0. The van der Waals surface area contributed by atoms with Gasteiger partial charge in [-0.25, -0.2) is 13.2 Å². The zero-order chi connectivity index (χ0) is 19.4. The highest BCUT2D eigenvalue weighted by Gasteiger charge is 2.19. The van der Waals surface area contributed by atoms with Gasteiger partial charge < -0.3 is 10.6 Å². The summed E-state index contributed by atoms with van der Waals surface area (Å²) >= 11 is 0. The first-order valence-corrected chi connectivity index (χ1v) is 7.53. The normalized spacial score (nSPS) is 10.1. The van der Waals surface area contributed by atoms with Crippen LogP contribution in [0.1, 0.15) is 15.9 Å². The number of benzene rings is 2. The van der Waals surface area contributed by atoms with Crippen LogP contribution in [0.15, 0.2) is 48.5 Å². The molecule has 9 heteroatoms. The van der Waals surface area contributed by atoms with E-state index in [9.17, 15) is 18.0 Å². The maximum Gasteiger partial charge on any atom is 0.259 e. The highest BCUT2D eigenvalue weighted by Crippen LogP contribution is 2.18. The zero-order valence-corrected chi connectivity index (χ0v) is 13.5. The Morgan fingerprint density at radius 2 is 1.70 bits per heavy atom. The molecule has 1 heterocycles. The van der Waals surface area contributed by atoms with E-state index in [0.717, 1.165) is 6.07 Å². The van der Waals surface area contributed by atoms with Gasteiger partial charge in [-0.15, -0.1) is 10.2 Å². The van der Waals surface area contributed by atoms with Gasteiger partial charge >= 0.3 is 0 Å². The predicted octanol–water partition coefficient (Wildman–Crippen LogP) is 3.76. The van der Waals surface area contributed by atoms with Gasteiger partial charge in [-0.05, 0) is 42.5 Å². The van der Waals surface area contributed by atoms with Crippen molar-refractivity contribution in [3.05, 3.63) is 77.1 Å². The number of hydrogen-bond donors (Lipinski definition) is 2. The van der Waals surface area contributed by atoms with Crippen LogP contribution < -0.4 is 10.6 Å². The van der Waals surface area contributed by atoms with Gasteiger partial charge in [0.2, 0.25) is 0 Å². The third-order valence-corrected chi connectivity index (χ3v) is 3.45. The van der Waals surface area contributed by atoms with Crippen LogP contribution in [0.4, 0.5) is 30.5 Å². The van der Waals surface area contributed by atoms with Crippen molar-refractivity contribution in [3.63, 3.8) is 0 Å². The Hall–Kier alpha value is -3.93. The molecule has 1 amide bonds. The van der Waals surface area contributed by atoms with Crippen molar-refractivity contribution >= 4 is 23.2 Å². The molecular formula is C18H10F3N5O. The third kappa shape index (κ3) is 4.01. The van der Waals surface area contributed by atoms with Crippen LogP contribution in [0, 0.1) is 28.8 Å². The van der Waals surface area contributed by atoms with Gasteiger partial charge in [-0.2, -0.15) is 5.26 Å². The number of nitrogens with zero attached hydrogens (tertiary/aromatic N) is 3.